The van der Waals surface area contributed by atoms with Crippen LogP contribution in [0.3, 0.4) is 0 Å². The van der Waals surface area contributed by atoms with Crippen molar-refractivity contribution in [2.24, 2.45) is 10.2 Å². The van der Waals surface area contributed by atoms with Gasteiger partial charge in [-0.3, -0.25) is 0 Å². The fraction of sp³-hybridized carbons (Fsp3) is 0.296. The van der Waals surface area contributed by atoms with Crippen molar-refractivity contribution >= 4 is 125 Å². The van der Waals surface area contributed by atoms with Gasteiger partial charge in [-0.05, 0) is 47.3 Å². The van der Waals surface area contributed by atoms with Crippen LogP contribution in [0.1, 0.15) is 0 Å². The molecule has 59 heavy (non-hydrogen) atoms. The monoisotopic (exact) mass is 1020 g/mol. The van der Waals surface area contributed by atoms with Crippen molar-refractivity contribution in [2.75, 3.05) is 58.1 Å². The normalized spacial score (nSPS) is 12.4. The first-order chi connectivity index (χ1) is 25.8. The van der Waals surface area contributed by atoms with Crippen LogP contribution in [0.5, 0.6) is 5.75 Å². The number of phenolic OH excluding ortho intramolecular Hbond substituents is 1. The minimum Gasteiger partial charge on any atom is -0.744 e. The van der Waals surface area contributed by atoms with Gasteiger partial charge in [-0.2, -0.15) is 15.0 Å². The summed E-state index contributed by atoms with van der Waals surface area (Å²) in [4.78, 5) is 9.76. The molecule has 306 valence electrons. The average Bonchev–Trinajstić information content (AvgIpc) is 3.06. The minimum atomic E-state index is -5.62. The van der Waals surface area contributed by atoms with Gasteiger partial charge in [-0.1, -0.05) is 12.1 Å². The number of nitrogens with one attached hydrogen (secondary N) is 1. The van der Waals surface area contributed by atoms with Gasteiger partial charge < -0.3 is 29.0 Å². The van der Waals surface area contributed by atoms with Gasteiger partial charge in [-0.25, -0.2) is 42.1 Å². The van der Waals surface area contributed by atoms with Gasteiger partial charge in [0, 0.05) is 30.2 Å². The largest absolute Gasteiger partial charge is 1.00 e. The Morgan fingerprint density at radius 3 is 1.76 bits per heavy atom. The summed E-state index contributed by atoms with van der Waals surface area (Å²) in [5, 5.41) is 19.3. The Labute approximate surface area is 440 Å². The number of phenols is 1. The number of rotatable bonds is 18. The van der Waals surface area contributed by atoms with E-state index in [2.05, 4.69) is 30.5 Å². The molecule has 0 spiro atoms. The van der Waals surface area contributed by atoms with E-state index in [1.165, 1.54) is 6.07 Å². The van der Waals surface area contributed by atoms with Gasteiger partial charge >= 0.3 is 110 Å². The number of sulfone groups is 2. The summed E-state index contributed by atoms with van der Waals surface area (Å²) in [5.74, 6) is -4.67. The van der Waals surface area contributed by atoms with Crippen molar-refractivity contribution in [3.05, 3.63) is 47.7 Å². The summed E-state index contributed by atoms with van der Waals surface area (Å²) in [6, 6.07) is 6.00. The van der Waals surface area contributed by atoms with E-state index in [1.54, 1.807) is 0 Å². The van der Waals surface area contributed by atoms with Crippen molar-refractivity contribution in [2.45, 2.75) is 14.7 Å². The number of benzene rings is 3. The number of halogens is 3. The van der Waals surface area contributed by atoms with E-state index in [-0.39, 0.29) is 122 Å². The molecule has 1 aromatic heterocycles. The zero-order valence-electron chi connectivity index (χ0n) is 30.8. The Bertz CT molecular complexity index is 2740. The third kappa shape index (κ3) is 16.2. The molecule has 0 amide bonds. The Hall–Kier alpha value is 0.0664. The number of aromatic nitrogens is 3. The van der Waals surface area contributed by atoms with Gasteiger partial charge in [0.2, 0.25) is 17.2 Å². The van der Waals surface area contributed by atoms with E-state index in [0.717, 1.165) is 23.1 Å². The molecule has 0 saturated heterocycles. The molecule has 0 radical (unpaired) electrons. The summed E-state index contributed by atoms with van der Waals surface area (Å²) < 4.78 is 159. The molecule has 3 aromatic carbocycles. The summed E-state index contributed by atoms with van der Waals surface area (Å²) in [6.45, 7) is -0.804. The zero-order chi connectivity index (χ0) is 41.9. The molecular weight excluding hydrogens is 998 g/mol. The van der Waals surface area contributed by atoms with Gasteiger partial charge in [0.15, 0.2) is 25.4 Å². The van der Waals surface area contributed by atoms with Gasteiger partial charge in [0.25, 0.3) is 0 Å². The number of azo groups is 1. The number of aromatic hydroxyl groups is 1. The maximum absolute atomic E-state index is 12.5. The summed E-state index contributed by atoms with van der Waals surface area (Å²) in [7, 11) is -23.7. The van der Waals surface area contributed by atoms with E-state index in [1.807, 2.05) is 0 Å². The van der Waals surface area contributed by atoms with E-state index in [0.29, 0.717) is 18.2 Å². The molecule has 21 nitrogen and oxygen atoms in total. The van der Waals surface area contributed by atoms with Gasteiger partial charge in [0.05, 0.1) is 43.4 Å². The number of hydrogen-bond donors (Lipinski definition) is 2. The molecule has 0 aliphatic rings. The summed E-state index contributed by atoms with van der Waals surface area (Å²) in [6.07, 6.45) is 0. The Morgan fingerprint density at radius 2 is 1.25 bits per heavy atom. The van der Waals surface area contributed by atoms with Crippen molar-refractivity contribution < 1.29 is 171 Å². The number of alkyl halides is 2. The van der Waals surface area contributed by atoms with E-state index >= 15 is 0 Å². The molecule has 4 aromatic rings. The Morgan fingerprint density at radius 1 is 0.712 bits per heavy atom. The standard InChI is InChI=1S/C27H28Cl3N7O14S5.K.2Na/c28-5-9-52(39,40)11-7-37(8-12-53(41,42)10-6-29)27-33-25(30)32-26(34-27)31-19-15-17(54(43,44)45)13-16-14-21(56(49,50)51)23(24(38)22(16)19)36-35-18-3-1-2-4-20(18)55(46,47)48;;;/h1-4,13-15,38H,5-12H2,(H,43,44,45)(H,46,47,48)(H,49,50,51)(H,31,32,33,34);;;/q;3*+1/p-3. The van der Waals surface area contributed by atoms with Crippen molar-refractivity contribution in [1.29, 1.82) is 0 Å². The molecule has 1 heterocycles. The van der Waals surface area contributed by atoms with Gasteiger partial charge in [0.1, 0.15) is 41.7 Å². The number of anilines is 3. The van der Waals surface area contributed by atoms with Crippen LogP contribution in [0, 0.1) is 0 Å². The number of nitrogens with zero attached hydrogens (tertiary/aromatic N) is 6. The minimum absolute atomic E-state index is 0. The van der Waals surface area contributed by atoms with Crippen molar-refractivity contribution in [3.8, 4) is 5.75 Å². The zero-order valence-corrected chi connectivity index (χ0v) is 44.3. The van der Waals surface area contributed by atoms with Crippen LogP contribution < -0.4 is 121 Å². The third-order valence-corrected chi connectivity index (χ3v) is 14.1. The topological polar surface area (TPSA) is 339 Å². The molecule has 0 fully saturated rings. The van der Waals surface area contributed by atoms with Crippen LogP contribution in [0.25, 0.3) is 10.8 Å². The van der Waals surface area contributed by atoms with Gasteiger partial charge in [-0.15, -0.1) is 33.4 Å². The molecular formula is C27H25Cl3KN7Na2O14S5. The fourth-order valence-electron chi connectivity index (χ4n) is 4.75. The van der Waals surface area contributed by atoms with Crippen LogP contribution in [-0.2, 0) is 50.0 Å². The predicted molar refractivity (Wildman–Crippen MR) is 199 cm³/mol. The summed E-state index contributed by atoms with van der Waals surface area (Å²) >= 11 is 17.3. The van der Waals surface area contributed by atoms with Crippen LogP contribution in [-0.4, -0.2) is 124 Å². The van der Waals surface area contributed by atoms with E-state index < -0.39 is 152 Å². The second-order valence-electron chi connectivity index (χ2n) is 11.2. The second kappa shape index (κ2) is 23.3. The third-order valence-electron chi connectivity index (χ3n) is 7.32. The molecule has 0 unspecified atom stereocenters. The van der Waals surface area contributed by atoms with Crippen molar-refractivity contribution in [1.82, 2.24) is 15.0 Å². The first-order valence-electron chi connectivity index (χ1n) is 15.0. The van der Waals surface area contributed by atoms with Crippen LogP contribution in [0.2, 0.25) is 5.28 Å². The predicted octanol–water partition coefficient (Wildman–Crippen LogP) is -6.62. The molecule has 0 bridgehead atoms. The van der Waals surface area contributed by atoms with E-state index in [9.17, 15) is 60.9 Å². The maximum atomic E-state index is 12.5. The molecule has 0 saturated carbocycles. The van der Waals surface area contributed by atoms with Crippen LogP contribution >= 0.6 is 34.8 Å². The number of fused-ring (bicyclic) bond motifs is 1. The fourth-order valence-corrected chi connectivity index (χ4v) is 9.98. The first kappa shape index (κ1) is 57.1. The molecule has 0 aliphatic heterocycles. The maximum Gasteiger partial charge on any atom is 1.00 e. The van der Waals surface area contributed by atoms with E-state index in [4.69, 9.17) is 34.8 Å². The smallest absolute Gasteiger partial charge is 0.744 e. The average molecular weight is 1020 g/mol. The molecule has 2 N–H and O–H groups in total. The number of hydrogen-bond acceptors (Lipinski definition) is 21. The van der Waals surface area contributed by atoms with Crippen molar-refractivity contribution in [3.63, 3.8) is 0 Å². The molecule has 4 rings (SSSR count). The Balaban J connectivity index is 0.00000580. The van der Waals surface area contributed by atoms with Crippen LogP contribution in [0.15, 0.2) is 67.4 Å². The molecule has 0 atom stereocenters. The second-order valence-corrected chi connectivity index (χ2v) is 21.0. The molecule has 32 heteroatoms. The summed E-state index contributed by atoms with van der Waals surface area (Å²) in [5.41, 5.74) is -2.34. The molecule has 0 aliphatic carbocycles. The quantitative estimate of drug-likeness (QED) is 0.0405. The Kier molecular flexibility index (Phi) is 22.6. The first-order valence-corrected chi connectivity index (χ1v) is 24.3. The van der Waals surface area contributed by atoms with Crippen LogP contribution in [0.4, 0.5) is 29.0 Å². The SMILES string of the molecule is O=S(=O)(CCCl)CCN(CCS(=O)(=O)CCCl)c1nc(Cl)nc(Nc2cc(S(=O)(=O)[O-])cc3cc(S(=O)(=O)[O-])c(N=Nc4ccccc4S(=O)(=O)[O-])c(O)c23)n1.[K+].[Na+].[Na+].